The molecule has 0 aliphatic rings. The number of benzene rings is 1. The van der Waals surface area contributed by atoms with Crippen molar-refractivity contribution in [1.29, 1.82) is 0 Å². The lowest BCUT2D eigenvalue weighted by Gasteiger charge is -2.15. The zero-order chi connectivity index (χ0) is 17.9. The van der Waals surface area contributed by atoms with Crippen LogP contribution in [0.3, 0.4) is 0 Å². The smallest absolute Gasteiger partial charge is 0.341 e. The summed E-state index contributed by atoms with van der Waals surface area (Å²) in [6.45, 7) is 4.02. The Bertz CT molecular complexity index is 557. The van der Waals surface area contributed by atoms with Crippen LogP contribution in [-0.2, 0) is 14.4 Å². The second-order valence-electron chi connectivity index (χ2n) is 5.39. The third kappa shape index (κ3) is 7.62. The highest BCUT2D eigenvalue weighted by molar-refractivity contribution is 5.83. The van der Waals surface area contributed by atoms with Gasteiger partial charge in [-0.15, -0.1) is 0 Å². The molecule has 132 valence electrons. The van der Waals surface area contributed by atoms with Crippen molar-refractivity contribution >= 4 is 17.8 Å². The third-order valence-corrected chi connectivity index (χ3v) is 3.27. The van der Waals surface area contributed by atoms with Crippen molar-refractivity contribution in [1.82, 2.24) is 10.6 Å². The van der Waals surface area contributed by atoms with Crippen LogP contribution in [0.1, 0.15) is 44.7 Å². The number of carboxylic acids is 1. The Kier molecular flexibility index (Phi) is 8.32. The number of rotatable bonds is 10. The van der Waals surface area contributed by atoms with E-state index in [2.05, 4.69) is 10.6 Å². The fourth-order valence-corrected chi connectivity index (χ4v) is 1.97. The van der Waals surface area contributed by atoms with Gasteiger partial charge >= 0.3 is 5.97 Å². The summed E-state index contributed by atoms with van der Waals surface area (Å²) in [5, 5.41) is 14.1. The molecule has 0 bridgehead atoms. The molecule has 2 amide bonds. The van der Waals surface area contributed by atoms with E-state index in [0.29, 0.717) is 12.3 Å². The molecule has 1 atom stereocenters. The summed E-state index contributed by atoms with van der Waals surface area (Å²) >= 11 is 0. The number of amides is 2. The van der Waals surface area contributed by atoms with Crippen molar-refractivity contribution in [2.24, 2.45) is 0 Å². The maximum Gasteiger partial charge on any atom is 0.341 e. The number of ether oxygens (including phenoxy) is 1. The third-order valence-electron chi connectivity index (χ3n) is 3.27. The number of nitrogens with one attached hydrogen (secondary N) is 2. The Morgan fingerprint density at radius 1 is 1.12 bits per heavy atom. The molecular formula is C17H24N2O5. The minimum absolute atomic E-state index is 0.125. The van der Waals surface area contributed by atoms with E-state index >= 15 is 0 Å². The van der Waals surface area contributed by atoms with Crippen LogP contribution in [0.25, 0.3) is 0 Å². The SMILES string of the molecule is CCCNC(=O)CCC(=O)NC(C)c1ccc(OCC(=O)O)cc1. The quantitative estimate of drug-likeness (QED) is 0.602. The maximum atomic E-state index is 11.9. The Balaban J connectivity index is 2.40. The predicted molar refractivity (Wildman–Crippen MR) is 88.7 cm³/mol. The van der Waals surface area contributed by atoms with Gasteiger partial charge in [0, 0.05) is 19.4 Å². The summed E-state index contributed by atoms with van der Waals surface area (Å²) < 4.78 is 5.05. The summed E-state index contributed by atoms with van der Waals surface area (Å²) in [6, 6.07) is 6.61. The van der Waals surface area contributed by atoms with Gasteiger partial charge in [0.2, 0.25) is 11.8 Å². The predicted octanol–water partition coefficient (Wildman–Crippen LogP) is 1.63. The van der Waals surface area contributed by atoms with E-state index in [1.54, 1.807) is 24.3 Å². The molecule has 0 heterocycles. The van der Waals surface area contributed by atoms with Gasteiger partial charge in [0.25, 0.3) is 0 Å². The maximum absolute atomic E-state index is 11.9. The molecule has 0 aliphatic heterocycles. The topological polar surface area (TPSA) is 105 Å². The molecule has 0 saturated heterocycles. The van der Waals surface area contributed by atoms with E-state index in [9.17, 15) is 14.4 Å². The average molecular weight is 336 g/mol. The number of carbonyl (C=O) groups is 3. The second kappa shape index (κ2) is 10.3. The number of hydrogen-bond donors (Lipinski definition) is 3. The Morgan fingerprint density at radius 3 is 2.33 bits per heavy atom. The first-order chi connectivity index (χ1) is 11.4. The van der Waals surface area contributed by atoms with Crippen LogP contribution in [-0.4, -0.2) is 36.0 Å². The van der Waals surface area contributed by atoms with Gasteiger partial charge in [-0.2, -0.15) is 0 Å². The zero-order valence-electron chi connectivity index (χ0n) is 14.0. The fraction of sp³-hybridized carbons (Fsp3) is 0.471. The summed E-state index contributed by atoms with van der Waals surface area (Å²) in [6.07, 6.45) is 1.17. The summed E-state index contributed by atoms with van der Waals surface area (Å²) in [5.74, 6) is -0.908. The van der Waals surface area contributed by atoms with Gasteiger partial charge in [0.1, 0.15) is 5.75 Å². The van der Waals surface area contributed by atoms with Crippen LogP contribution in [0.2, 0.25) is 0 Å². The van der Waals surface area contributed by atoms with E-state index in [4.69, 9.17) is 9.84 Å². The Morgan fingerprint density at radius 2 is 1.75 bits per heavy atom. The van der Waals surface area contributed by atoms with Crippen molar-refractivity contribution in [3.63, 3.8) is 0 Å². The van der Waals surface area contributed by atoms with Crippen molar-refractivity contribution in [3.05, 3.63) is 29.8 Å². The zero-order valence-corrected chi connectivity index (χ0v) is 14.0. The van der Waals surface area contributed by atoms with Gasteiger partial charge in [0.05, 0.1) is 6.04 Å². The van der Waals surface area contributed by atoms with E-state index in [0.717, 1.165) is 12.0 Å². The summed E-state index contributed by atoms with van der Waals surface area (Å²) in [5.41, 5.74) is 0.862. The first-order valence-corrected chi connectivity index (χ1v) is 7.93. The number of hydrogen-bond acceptors (Lipinski definition) is 4. The second-order valence-corrected chi connectivity index (χ2v) is 5.39. The van der Waals surface area contributed by atoms with Crippen molar-refractivity contribution in [2.45, 2.75) is 39.2 Å². The number of aliphatic carboxylic acids is 1. The molecule has 0 aromatic heterocycles. The van der Waals surface area contributed by atoms with Crippen molar-refractivity contribution in [2.75, 3.05) is 13.2 Å². The lowest BCUT2D eigenvalue weighted by molar-refractivity contribution is -0.139. The molecule has 1 aromatic rings. The average Bonchev–Trinajstić information content (AvgIpc) is 2.56. The van der Waals surface area contributed by atoms with E-state index in [-0.39, 0.29) is 30.7 Å². The lowest BCUT2D eigenvalue weighted by atomic mass is 10.1. The van der Waals surface area contributed by atoms with Gasteiger partial charge in [-0.1, -0.05) is 19.1 Å². The summed E-state index contributed by atoms with van der Waals surface area (Å²) in [7, 11) is 0. The molecule has 1 rings (SSSR count). The fourth-order valence-electron chi connectivity index (χ4n) is 1.97. The minimum atomic E-state index is -1.04. The van der Waals surface area contributed by atoms with Crippen LogP contribution < -0.4 is 15.4 Å². The van der Waals surface area contributed by atoms with Crippen LogP contribution in [0.15, 0.2) is 24.3 Å². The summed E-state index contributed by atoms with van der Waals surface area (Å²) in [4.78, 5) is 33.8. The highest BCUT2D eigenvalue weighted by atomic mass is 16.5. The molecule has 0 radical (unpaired) electrons. The first kappa shape index (κ1) is 19.5. The molecule has 1 aromatic carbocycles. The minimum Gasteiger partial charge on any atom is -0.482 e. The monoisotopic (exact) mass is 336 g/mol. The van der Waals surface area contributed by atoms with Crippen LogP contribution >= 0.6 is 0 Å². The largest absolute Gasteiger partial charge is 0.482 e. The van der Waals surface area contributed by atoms with Gasteiger partial charge in [0.15, 0.2) is 6.61 Å². The molecule has 1 unspecified atom stereocenters. The Labute approximate surface area is 141 Å². The standard InChI is InChI=1S/C17H24N2O5/c1-3-10-18-15(20)8-9-16(21)19-12(2)13-4-6-14(7-5-13)24-11-17(22)23/h4-7,12H,3,8-11H2,1-2H3,(H,18,20)(H,19,21)(H,22,23). The molecule has 7 heteroatoms. The van der Waals surface area contributed by atoms with Gasteiger partial charge in [-0.25, -0.2) is 4.79 Å². The highest BCUT2D eigenvalue weighted by Gasteiger charge is 2.11. The molecule has 0 spiro atoms. The van der Waals surface area contributed by atoms with Crippen molar-refractivity contribution < 1.29 is 24.2 Å². The molecule has 7 nitrogen and oxygen atoms in total. The molecule has 3 N–H and O–H groups in total. The molecule has 0 saturated carbocycles. The van der Waals surface area contributed by atoms with Crippen molar-refractivity contribution in [3.8, 4) is 5.75 Å². The molecule has 0 aliphatic carbocycles. The van der Waals surface area contributed by atoms with Crippen LogP contribution in [0.5, 0.6) is 5.75 Å². The lowest BCUT2D eigenvalue weighted by Crippen LogP contribution is -2.29. The van der Waals surface area contributed by atoms with Gasteiger partial charge in [-0.05, 0) is 31.0 Å². The molecular weight excluding hydrogens is 312 g/mol. The van der Waals surface area contributed by atoms with Crippen LogP contribution in [0, 0.1) is 0 Å². The number of carboxylic acid groups (broad SMARTS) is 1. The Hall–Kier alpha value is -2.57. The van der Waals surface area contributed by atoms with E-state index < -0.39 is 12.6 Å². The molecule has 0 fully saturated rings. The van der Waals surface area contributed by atoms with Crippen LogP contribution in [0.4, 0.5) is 0 Å². The van der Waals surface area contributed by atoms with Gasteiger partial charge < -0.3 is 20.5 Å². The number of carbonyl (C=O) groups excluding carboxylic acids is 2. The molecule has 24 heavy (non-hydrogen) atoms. The first-order valence-electron chi connectivity index (χ1n) is 7.93. The van der Waals surface area contributed by atoms with E-state index in [1.807, 2.05) is 13.8 Å². The normalized spacial score (nSPS) is 11.4. The van der Waals surface area contributed by atoms with E-state index in [1.165, 1.54) is 0 Å². The highest BCUT2D eigenvalue weighted by Crippen LogP contribution is 2.17. The van der Waals surface area contributed by atoms with Gasteiger partial charge in [-0.3, -0.25) is 9.59 Å².